The van der Waals surface area contributed by atoms with Gasteiger partial charge in [-0.15, -0.1) is 0 Å². The summed E-state index contributed by atoms with van der Waals surface area (Å²) in [6.07, 6.45) is 0. The minimum absolute atomic E-state index is 0.00294. The Bertz CT molecular complexity index is 585. The highest BCUT2D eigenvalue weighted by Gasteiger charge is 2.14. The Morgan fingerprint density at radius 3 is 2.25 bits per heavy atom. The SMILES string of the molecule is CC(C)(C)c1ccc(Sc2c(Cl)cccc2CO)cc1. The van der Waals surface area contributed by atoms with E-state index in [4.69, 9.17) is 11.6 Å². The van der Waals surface area contributed by atoms with Gasteiger partial charge in [0.1, 0.15) is 0 Å². The second kappa shape index (κ2) is 6.21. The maximum Gasteiger partial charge on any atom is 0.0693 e. The fraction of sp³-hybridized carbons (Fsp3) is 0.294. The van der Waals surface area contributed by atoms with Gasteiger partial charge in [-0.05, 0) is 34.7 Å². The van der Waals surface area contributed by atoms with Crippen LogP contribution in [0.3, 0.4) is 0 Å². The van der Waals surface area contributed by atoms with Crippen molar-refractivity contribution in [1.82, 2.24) is 0 Å². The Labute approximate surface area is 130 Å². The zero-order chi connectivity index (χ0) is 14.8. The van der Waals surface area contributed by atoms with Crippen LogP contribution in [-0.4, -0.2) is 5.11 Å². The molecule has 0 fully saturated rings. The van der Waals surface area contributed by atoms with Crippen LogP contribution >= 0.6 is 23.4 Å². The van der Waals surface area contributed by atoms with Gasteiger partial charge in [-0.25, -0.2) is 0 Å². The topological polar surface area (TPSA) is 20.2 Å². The van der Waals surface area contributed by atoms with Crippen molar-refractivity contribution in [2.75, 3.05) is 0 Å². The molecule has 106 valence electrons. The third kappa shape index (κ3) is 3.57. The molecule has 1 N–H and O–H groups in total. The first-order valence-electron chi connectivity index (χ1n) is 6.58. The van der Waals surface area contributed by atoms with Crippen LogP contribution in [0.2, 0.25) is 5.02 Å². The van der Waals surface area contributed by atoms with Crippen LogP contribution in [0.5, 0.6) is 0 Å². The van der Waals surface area contributed by atoms with Crippen molar-refractivity contribution in [2.45, 2.75) is 42.6 Å². The van der Waals surface area contributed by atoms with Crippen molar-refractivity contribution in [2.24, 2.45) is 0 Å². The van der Waals surface area contributed by atoms with Gasteiger partial charge in [0.05, 0.1) is 11.6 Å². The van der Waals surface area contributed by atoms with E-state index >= 15 is 0 Å². The zero-order valence-electron chi connectivity index (χ0n) is 12.0. The molecule has 0 amide bonds. The predicted molar refractivity (Wildman–Crippen MR) is 86.6 cm³/mol. The van der Waals surface area contributed by atoms with E-state index < -0.39 is 0 Å². The molecule has 3 heteroatoms. The van der Waals surface area contributed by atoms with Crippen LogP contribution in [0.25, 0.3) is 0 Å². The van der Waals surface area contributed by atoms with E-state index in [9.17, 15) is 5.11 Å². The minimum Gasteiger partial charge on any atom is -0.392 e. The van der Waals surface area contributed by atoms with Crippen molar-refractivity contribution in [3.05, 3.63) is 58.6 Å². The molecule has 2 aromatic carbocycles. The maximum atomic E-state index is 9.40. The van der Waals surface area contributed by atoms with Gasteiger partial charge in [0.2, 0.25) is 0 Å². The highest BCUT2D eigenvalue weighted by molar-refractivity contribution is 7.99. The fourth-order valence-corrected chi connectivity index (χ4v) is 3.18. The van der Waals surface area contributed by atoms with E-state index in [1.54, 1.807) is 11.8 Å². The normalized spacial score (nSPS) is 11.7. The van der Waals surface area contributed by atoms with Crippen molar-refractivity contribution in [3.8, 4) is 0 Å². The summed E-state index contributed by atoms with van der Waals surface area (Å²) in [5, 5.41) is 10.1. The molecule has 0 aromatic heterocycles. The maximum absolute atomic E-state index is 9.40. The third-order valence-electron chi connectivity index (χ3n) is 3.16. The van der Waals surface area contributed by atoms with Crippen LogP contribution in [0.4, 0.5) is 0 Å². The average Bonchev–Trinajstić information content (AvgIpc) is 2.40. The molecule has 0 aliphatic carbocycles. The molecule has 0 bridgehead atoms. The first kappa shape index (κ1) is 15.4. The summed E-state index contributed by atoms with van der Waals surface area (Å²) >= 11 is 7.82. The Kier molecular flexibility index (Phi) is 4.79. The summed E-state index contributed by atoms with van der Waals surface area (Å²) in [5.74, 6) is 0. The van der Waals surface area contributed by atoms with E-state index in [-0.39, 0.29) is 12.0 Å². The number of hydrogen-bond donors (Lipinski definition) is 1. The largest absolute Gasteiger partial charge is 0.392 e. The number of hydrogen-bond acceptors (Lipinski definition) is 2. The molecular weight excluding hydrogens is 288 g/mol. The van der Waals surface area contributed by atoms with Crippen LogP contribution in [0.1, 0.15) is 31.9 Å². The van der Waals surface area contributed by atoms with Crippen molar-refractivity contribution in [1.29, 1.82) is 0 Å². The predicted octanol–water partition coefficient (Wildman–Crippen LogP) is 5.28. The Hall–Kier alpha value is -0.960. The lowest BCUT2D eigenvalue weighted by Gasteiger charge is -2.19. The molecular formula is C17H19ClOS. The number of rotatable bonds is 3. The third-order valence-corrected chi connectivity index (χ3v) is 4.78. The highest BCUT2D eigenvalue weighted by atomic mass is 35.5. The average molecular weight is 307 g/mol. The Morgan fingerprint density at radius 2 is 1.70 bits per heavy atom. The Morgan fingerprint density at radius 1 is 1.05 bits per heavy atom. The molecule has 0 saturated heterocycles. The molecule has 0 spiro atoms. The van der Waals surface area contributed by atoms with E-state index in [0.29, 0.717) is 5.02 Å². The molecule has 0 unspecified atom stereocenters. The minimum atomic E-state index is 0.00294. The van der Waals surface area contributed by atoms with Crippen molar-refractivity contribution in [3.63, 3.8) is 0 Å². The van der Waals surface area contributed by atoms with Crippen LogP contribution in [0, 0.1) is 0 Å². The lowest BCUT2D eigenvalue weighted by atomic mass is 9.87. The van der Waals surface area contributed by atoms with Gasteiger partial charge in [0.15, 0.2) is 0 Å². The number of aliphatic hydroxyl groups is 1. The van der Waals surface area contributed by atoms with Gasteiger partial charge in [0, 0.05) is 9.79 Å². The lowest BCUT2D eigenvalue weighted by Crippen LogP contribution is -2.10. The summed E-state index contributed by atoms with van der Waals surface area (Å²) in [6, 6.07) is 14.1. The van der Waals surface area contributed by atoms with Gasteiger partial charge < -0.3 is 5.11 Å². The van der Waals surface area contributed by atoms with Gasteiger partial charge in [-0.3, -0.25) is 0 Å². The van der Waals surface area contributed by atoms with E-state index in [0.717, 1.165) is 15.4 Å². The summed E-state index contributed by atoms with van der Waals surface area (Å²) in [7, 11) is 0. The standard InChI is InChI=1S/C17H19ClOS/c1-17(2,3)13-7-9-14(10-8-13)20-16-12(11-19)5-4-6-15(16)18/h4-10,19H,11H2,1-3H3. The van der Waals surface area contributed by atoms with E-state index in [1.807, 2.05) is 18.2 Å². The smallest absolute Gasteiger partial charge is 0.0693 e. The molecule has 0 saturated carbocycles. The highest BCUT2D eigenvalue weighted by Crippen LogP contribution is 2.36. The molecule has 0 aliphatic heterocycles. The summed E-state index contributed by atoms with van der Waals surface area (Å²) < 4.78 is 0. The molecule has 0 atom stereocenters. The fourth-order valence-electron chi connectivity index (χ4n) is 1.93. The van der Waals surface area contributed by atoms with Crippen LogP contribution < -0.4 is 0 Å². The number of halogens is 1. The summed E-state index contributed by atoms with van der Waals surface area (Å²) in [4.78, 5) is 2.06. The summed E-state index contributed by atoms with van der Waals surface area (Å²) in [6.45, 7) is 6.61. The van der Waals surface area contributed by atoms with E-state index in [2.05, 4.69) is 45.0 Å². The lowest BCUT2D eigenvalue weighted by molar-refractivity contribution is 0.279. The second-order valence-electron chi connectivity index (χ2n) is 5.76. The van der Waals surface area contributed by atoms with E-state index in [1.165, 1.54) is 5.56 Å². The first-order chi connectivity index (χ1) is 9.41. The first-order valence-corrected chi connectivity index (χ1v) is 7.78. The van der Waals surface area contributed by atoms with Gasteiger partial charge in [-0.1, -0.05) is 68.4 Å². The molecule has 0 aliphatic rings. The molecule has 20 heavy (non-hydrogen) atoms. The quantitative estimate of drug-likeness (QED) is 0.832. The Balaban J connectivity index is 2.27. The monoisotopic (exact) mass is 306 g/mol. The van der Waals surface area contributed by atoms with Crippen molar-refractivity contribution < 1.29 is 5.11 Å². The van der Waals surface area contributed by atoms with Gasteiger partial charge >= 0.3 is 0 Å². The van der Waals surface area contributed by atoms with Crippen LogP contribution in [0.15, 0.2) is 52.3 Å². The molecule has 2 aromatic rings. The van der Waals surface area contributed by atoms with Crippen molar-refractivity contribution >= 4 is 23.4 Å². The van der Waals surface area contributed by atoms with Gasteiger partial charge in [-0.2, -0.15) is 0 Å². The van der Waals surface area contributed by atoms with Gasteiger partial charge in [0.25, 0.3) is 0 Å². The molecule has 2 rings (SSSR count). The van der Waals surface area contributed by atoms with Crippen LogP contribution in [-0.2, 0) is 12.0 Å². The summed E-state index contributed by atoms with van der Waals surface area (Å²) in [5.41, 5.74) is 2.33. The molecule has 0 heterocycles. The molecule has 1 nitrogen and oxygen atoms in total. The number of benzene rings is 2. The zero-order valence-corrected chi connectivity index (χ0v) is 13.6. The number of aliphatic hydroxyl groups excluding tert-OH is 1. The second-order valence-corrected chi connectivity index (χ2v) is 7.25. The molecule has 0 radical (unpaired) electrons.